The molecule has 0 aliphatic carbocycles. The van der Waals surface area contributed by atoms with Gasteiger partial charge in [-0.25, -0.2) is 12.8 Å². The summed E-state index contributed by atoms with van der Waals surface area (Å²) in [6.45, 7) is -0.0353. The van der Waals surface area contributed by atoms with E-state index in [0.29, 0.717) is 16.5 Å². The zero-order valence-electron chi connectivity index (χ0n) is 27.1. The minimum atomic E-state index is -3.97. The number of amides is 2. The van der Waals surface area contributed by atoms with Crippen LogP contribution in [-0.2, 0) is 39.1 Å². The molecule has 0 spiro atoms. The number of halogens is 2. The predicted octanol–water partition coefficient (Wildman–Crippen LogP) is 6.34. The number of hydrogen-bond donors (Lipinski definition) is 2. The maximum absolute atomic E-state index is 14.0. The molecule has 0 saturated heterocycles. The van der Waals surface area contributed by atoms with E-state index >= 15 is 0 Å². The van der Waals surface area contributed by atoms with Gasteiger partial charge in [-0.2, -0.15) is 0 Å². The maximum atomic E-state index is 14.0. The average molecular weight is 730 g/mol. The van der Waals surface area contributed by atoms with Crippen molar-refractivity contribution < 1.29 is 36.6 Å². The molecule has 2 amide bonds. The van der Waals surface area contributed by atoms with E-state index in [1.165, 1.54) is 41.3 Å². The van der Waals surface area contributed by atoms with Gasteiger partial charge in [0.05, 0.1) is 4.90 Å². The van der Waals surface area contributed by atoms with Gasteiger partial charge in [0.2, 0.25) is 12.7 Å². The monoisotopic (exact) mass is 729 g/mol. The standard InChI is InChI=1S/C38H33ClFN3O7S/c39-29-9-6-27(7-10-29)23-43(37(44)24-48-32-15-17-33(18-16-32)51(46,47)42-31-13-11-30(40)12-14-31)34(20-26-4-2-1-3-5-26)38(45)41-22-28-8-19-35-36(21-28)50-25-49-35/h1-19,21,34,42H,20,22-25H2,(H,41,45)/t34-/m1/s1. The molecular weight excluding hydrogens is 697 g/mol. The number of nitrogens with zero attached hydrogens (tertiary/aromatic N) is 1. The lowest BCUT2D eigenvalue weighted by atomic mass is 10.0. The van der Waals surface area contributed by atoms with E-state index in [1.54, 1.807) is 36.4 Å². The van der Waals surface area contributed by atoms with Crippen LogP contribution in [0.3, 0.4) is 0 Å². The van der Waals surface area contributed by atoms with E-state index in [9.17, 15) is 22.4 Å². The fraction of sp³-hybridized carbons (Fsp3) is 0.158. The van der Waals surface area contributed by atoms with Crippen LogP contribution in [0, 0.1) is 5.82 Å². The lowest BCUT2D eigenvalue weighted by Crippen LogP contribution is -2.51. The van der Waals surface area contributed by atoms with Crippen molar-refractivity contribution in [3.8, 4) is 17.2 Å². The molecule has 1 atom stereocenters. The molecule has 2 N–H and O–H groups in total. The average Bonchev–Trinajstić information content (AvgIpc) is 3.61. The molecule has 0 saturated carbocycles. The van der Waals surface area contributed by atoms with E-state index < -0.39 is 34.4 Å². The van der Waals surface area contributed by atoms with Crippen molar-refractivity contribution in [1.82, 2.24) is 10.2 Å². The van der Waals surface area contributed by atoms with Crippen LogP contribution in [0.2, 0.25) is 5.02 Å². The Morgan fingerprint density at radius 2 is 1.51 bits per heavy atom. The summed E-state index contributed by atoms with van der Waals surface area (Å²) in [4.78, 5) is 29.4. The number of carbonyl (C=O) groups excluding carboxylic acids is 2. The second kappa shape index (κ2) is 16.0. The summed E-state index contributed by atoms with van der Waals surface area (Å²) in [5.74, 6) is 0.121. The van der Waals surface area contributed by atoms with E-state index in [-0.39, 0.29) is 48.5 Å². The van der Waals surface area contributed by atoms with Gasteiger partial charge in [-0.3, -0.25) is 14.3 Å². The summed E-state index contributed by atoms with van der Waals surface area (Å²) in [6, 6.07) is 31.3. The first-order chi connectivity index (χ1) is 24.6. The van der Waals surface area contributed by atoms with Gasteiger partial charge in [-0.1, -0.05) is 60.1 Å². The largest absolute Gasteiger partial charge is 0.484 e. The minimum Gasteiger partial charge on any atom is -0.484 e. The van der Waals surface area contributed by atoms with E-state index in [4.69, 9.17) is 25.8 Å². The SMILES string of the molecule is O=C(NCc1ccc2c(c1)OCO2)[C@@H](Cc1ccccc1)N(Cc1ccc(Cl)cc1)C(=O)COc1ccc(S(=O)(=O)Nc2ccc(F)cc2)cc1. The Labute approximate surface area is 299 Å². The van der Waals surface area contributed by atoms with Gasteiger partial charge in [0.15, 0.2) is 18.1 Å². The van der Waals surface area contributed by atoms with E-state index in [1.807, 2.05) is 36.4 Å². The Balaban J connectivity index is 1.20. The molecule has 10 nitrogen and oxygen atoms in total. The molecular formula is C38H33ClFN3O7S. The van der Waals surface area contributed by atoms with Crippen LogP contribution in [0.15, 0.2) is 126 Å². The molecule has 6 rings (SSSR count). The Bertz CT molecular complexity index is 2080. The van der Waals surface area contributed by atoms with Gasteiger partial charge in [-0.05, 0) is 89.5 Å². The molecule has 0 aromatic heterocycles. The quantitative estimate of drug-likeness (QED) is 0.137. The van der Waals surface area contributed by atoms with Crippen molar-refractivity contribution >= 4 is 39.1 Å². The maximum Gasteiger partial charge on any atom is 0.261 e. The molecule has 5 aromatic carbocycles. The Morgan fingerprint density at radius 3 is 2.24 bits per heavy atom. The molecule has 51 heavy (non-hydrogen) atoms. The van der Waals surface area contributed by atoms with Crippen LogP contribution in [0.25, 0.3) is 0 Å². The summed E-state index contributed by atoms with van der Waals surface area (Å²) < 4.78 is 58.1. The van der Waals surface area contributed by atoms with Crippen molar-refractivity contribution in [3.63, 3.8) is 0 Å². The first kappa shape index (κ1) is 35.2. The summed E-state index contributed by atoms with van der Waals surface area (Å²) in [5, 5.41) is 3.51. The third-order valence-electron chi connectivity index (χ3n) is 8.03. The number of hydrogen-bond acceptors (Lipinski definition) is 7. The summed E-state index contributed by atoms with van der Waals surface area (Å²) in [7, 11) is -3.97. The van der Waals surface area contributed by atoms with Crippen molar-refractivity contribution in [1.29, 1.82) is 0 Å². The summed E-state index contributed by atoms with van der Waals surface area (Å²) >= 11 is 6.13. The molecule has 1 heterocycles. The second-order valence-electron chi connectivity index (χ2n) is 11.6. The van der Waals surface area contributed by atoms with Crippen molar-refractivity contribution in [2.45, 2.75) is 30.4 Å². The fourth-order valence-electron chi connectivity index (χ4n) is 5.37. The summed E-state index contributed by atoms with van der Waals surface area (Å²) in [6.07, 6.45) is 0.223. The number of anilines is 1. The normalized spacial score (nSPS) is 12.5. The van der Waals surface area contributed by atoms with E-state index in [2.05, 4.69) is 10.0 Å². The van der Waals surface area contributed by atoms with Gasteiger partial charge in [0.1, 0.15) is 17.6 Å². The number of carbonyl (C=O) groups is 2. The highest BCUT2D eigenvalue weighted by Gasteiger charge is 2.31. The van der Waals surface area contributed by atoms with Gasteiger partial charge >= 0.3 is 0 Å². The van der Waals surface area contributed by atoms with Gasteiger partial charge in [-0.15, -0.1) is 0 Å². The highest BCUT2D eigenvalue weighted by atomic mass is 35.5. The van der Waals surface area contributed by atoms with Crippen LogP contribution in [0.1, 0.15) is 16.7 Å². The predicted molar refractivity (Wildman–Crippen MR) is 189 cm³/mol. The highest BCUT2D eigenvalue weighted by Crippen LogP contribution is 2.32. The number of fused-ring (bicyclic) bond motifs is 1. The first-order valence-electron chi connectivity index (χ1n) is 15.9. The number of nitrogens with one attached hydrogen (secondary N) is 2. The highest BCUT2D eigenvalue weighted by molar-refractivity contribution is 7.92. The number of sulfonamides is 1. The third kappa shape index (κ3) is 9.35. The molecule has 0 bridgehead atoms. The lowest BCUT2D eigenvalue weighted by molar-refractivity contribution is -0.142. The molecule has 5 aromatic rings. The molecule has 262 valence electrons. The van der Waals surface area contributed by atoms with Crippen LogP contribution in [0.5, 0.6) is 17.2 Å². The van der Waals surface area contributed by atoms with Gasteiger partial charge in [0, 0.05) is 30.2 Å². The minimum absolute atomic E-state index is 0.0584. The molecule has 0 fully saturated rings. The molecule has 0 radical (unpaired) electrons. The smallest absolute Gasteiger partial charge is 0.261 e. The number of ether oxygens (including phenoxy) is 3. The topological polar surface area (TPSA) is 123 Å². The lowest BCUT2D eigenvalue weighted by Gasteiger charge is -2.31. The Hall–Kier alpha value is -5.59. The summed E-state index contributed by atoms with van der Waals surface area (Å²) in [5.41, 5.74) is 2.59. The zero-order valence-corrected chi connectivity index (χ0v) is 28.7. The Kier molecular flexibility index (Phi) is 11.0. The Morgan fingerprint density at radius 1 is 0.824 bits per heavy atom. The van der Waals surface area contributed by atoms with E-state index in [0.717, 1.165) is 28.8 Å². The van der Waals surface area contributed by atoms with Crippen LogP contribution in [-0.4, -0.2) is 44.6 Å². The van der Waals surface area contributed by atoms with Crippen molar-refractivity contribution in [3.05, 3.63) is 149 Å². The molecule has 1 aliphatic rings. The van der Waals surface area contributed by atoms with Gasteiger partial charge < -0.3 is 24.4 Å². The third-order valence-corrected chi connectivity index (χ3v) is 9.68. The second-order valence-corrected chi connectivity index (χ2v) is 13.8. The first-order valence-corrected chi connectivity index (χ1v) is 17.7. The van der Waals surface area contributed by atoms with Crippen molar-refractivity contribution in [2.24, 2.45) is 0 Å². The number of benzene rings is 5. The van der Waals surface area contributed by atoms with Gasteiger partial charge in [0.25, 0.3) is 15.9 Å². The van der Waals surface area contributed by atoms with Crippen LogP contribution >= 0.6 is 11.6 Å². The number of rotatable bonds is 14. The molecule has 13 heteroatoms. The van der Waals surface area contributed by atoms with Crippen molar-refractivity contribution in [2.75, 3.05) is 18.1 Å². The molecule has 1 aliphatic heterocycles. The fourth-order valence-corrected chi connectivity index (χ4v) is 6.56. The van der Waals surface area contributed by atoms with Crippen LogP contribution in [0.4, 0.5) is 10.1 Å². The van der Waals surface area contributed by atoms with Crippen LogP contribution < -0.4 is 24.2 Å². The molecule has 0 unspecified atom stereocenters. The zero-order chi connectivity index (χ0) is 35.8.